The minimum atomic E-state index is -0.357. The molecule has 0 saturated carbocycles. The molecule has 0 atom stereocenters. The molecule has 8 heteroatoms. The van der Waals surface area contributed by atoms with Gasteiger partial charge >= 0.3 is 0 Å². The van der Waals surface area contributed by atoms with Gasteiger partial charge in [-0.05, 0) is 46.3 Å². The zero-order valence-corrected chi connectivity index (χ0v) is 14.7. The number of amides is 1. The zero-order valence-electron chi connectivity index (χ0n) is 11.6. The molecule has 0 radical (unpaired) electrons. The van der Waals surface area contributed by atoms with Crippen molar-refractivity contribution in [2.24, 2.45) is 5.10 Å². The maximum atomic E-state index is 12.0. The number of rotatable bonds is 4. The first-order valence-electron chi connectivity index (χ1n) is 6.52. The number of carbonyl (C=O) groups is 1. The van der Waals surface area contributed by atoms with Gasteiger partial charge in [0.05, 0.1) is 15.7 Å². The lowest BCUT2D eigenvalue weighted by molar-refractivity contribution is 0.0950. The first-order chi connectivity index (χ1) is 11.1. The van der Waals surface area contributed by atoms with Crippen molar-refractivity contribution in [3.05, 3.63) is 61.8 Å². The number of nitrogens with one attached hydrogen (secondary N) is 2. The fraction of sp³-hybridized carbons (Fsp3) is 0. The summed E-state index contributed by atoms with van der Waals surface area (Å²) < 4.78 is 1.01. The van der Waals surface area contributed by atoms with Crippen molar-refractivity contribution in [2.45, 2.75) is 0 Å². The van der Waals surface area contributed by atoms with E-state index in [0.717, 1.165) is 14.2 Å². The first-order valence-corrected chi connectivity index (χ1v) is 8.50. The molecule has 2 heterocycles. The molecule has 0 bridgehead atoms. The van der Waals surface area contributed by atoms with Crippen LogP contribution in [-0.4, -0.2) is 22.3 Å². The second-order valence-electron chi connectivity index (χ2n) is 4.51. The molecule has 0 saturated heterocycles. The predicted octanol–water partition coefficient (Wildman–Crippen LogP) is 4.32. The molecule has 0 aliphatic carbocycles. The normalized spacial score (nSPS) is 11.0. The lowest BCUT2D eigenvalue weighted by Gasteiger charge is -1.95. The SMILES string of the molecule is O=C(NN=Cc1ccc(Br)s1)c1cc(-c2ccc(Cl)cc2)n[nH]1. The van der Waals surface area contributed by atoms with Crippen LogP contribution < -0.4 is 5.43 Å². The number of carbonyl (C=O) groups excluding carboxylic acids is 1. The fourth-order valence-electron chi connectivity index (χ4n) is 1.82. The van der Waals surface area contributed by atoms with Gasteiger partial charge in [-0.3, -0.25) is 9.89 Å². The number of hydrogen-bond acceptors (Lipinski definition) is 4. The van der Waals surface area contributed by atoms with E-state index in [0.29, 0.717) is 16.4 Å². The Morgan fingerprint density at radius 1 is 1.30 bits per heavy atom. The number of benzene rings is 1. The second-order valence-corrected chi connectivity index (χ2v) is 7.45. The maximum Gasteiger partial charge on any atom is 0.289 e. The van der Waals surface area contributed by atoms with Crippen LogP contribution in [0, 0.1) is 0 Å². The summed E-state index contributed by atoms with van der Waals surface area (Å²) in [5.74, 6) is -0.357. The van der Waals surface area contributed by atoms with Crippen molar-refractivity contribution in [3.63, 3.8) is 0 Å². The van der Waals surface area contributed by atoms with Gasteiger partial charge in [0.2, 0.25) is 0 Å². The smallest absolute Gasteiger partial charge is 0.272 e. The van der Waals surface area contributed by atoms with Crippen molar-refractivity contribution in [1.29, 1.82) is 0 Å². The van der Waals surface area contributed by atoms with Gasteiger partial charge in [0.25, 0.3) is 5.91 Å². The summed E-state index contributed by atoms with van der Waals surface area (Å²) in [6.07, 6.45) is 1.59. The van der Waals surface area contributed by atoms with E-state index in [1.54, 1.807) is 24.4 Å². The van der Waals surface area contributed by atoms with Crippen molar-refractivity contribution in [3.8, 4) is 11.3 Å². The quantitative estimate of drug-likeness (QED) is 0.498. The Bertz CT molecular complexity index is 857. The molecule has 0 aliphatic heterocycles. The summed E-state index contributed by atoms with van der Waals surface area (Å²) in [5.41, 5.74) is 4.33. The molecule has 2 N–H and O–H groups in total. The van der Waals surface area contributed by atoms with Crippen LogP contribution in [0.25, 0.3) is 11.3 Å². The minimum absolute atomic E-state index is 0.333. The predicted molar refractivity (Wildman–Crippen MR) is 96.1 cm³/mol. The molecule has 0 fully saturated rings. The highest BCUT2D eigenvalue weighted by molar-refractivity contribution is 9.11. The lowest BCUT2D eigenvalue weighted by atomic mass is 10.1. The summed E-state index contributed by atoms with van der Waals surface area (Å²) >= 11 is 10.7. The Labute approximate surface area is 149 Å². The highest BCUT2D eigenvalue weighted by atomic mass is 79.9. The van der Waals surface area contributed by atoms with Crippen LogP contribution in [0.5, 0.6) is 0 Å². The molecular formula is C15H10BrClN4OS. The van der Waals surface area contributed by atoms with E-state index in [9.17, 15) is 4.79 Å². The summed E-state index contributed by atoms with van der Waals surface area (Å²) in [6.45, 7) is 0. The number of aromatic amines is 1. The Balaban J connectivity index is 1.66. The summed E-state index contributed by atoms with van der Waals surface area (Å²) in [7, 11) is 0. The third kappa shape index (κ3) is 4.07. The van der Waals surface area contributed by atoms with Crippen LogP contribution in [-0.2, 0) is 0 Å². The zero-order chi connectivity index (χ0) is 16.2. The Morgan fingerprint density at radius 3 is 2.78 bits per heavy atom. The molecule has 1 aromatic carbocycles. The van der Waals surface area contributed by atoms with Crippen molar-refractivity contribution in [1.82, 2.24) is 15.6 Å². The molecule has 23 heavy (non-hydrogen) atoms. The molecule has 2 aromatic heterocycles. The van der Waals surface area contributed by atoms with Gasteiger partial charge < -0.3 is 0 Å². The van der Waals surface area contributed by atoms with Crippen LogP contribution >= 0.6 is 38.9 Å². The van der Waals surface area contributed by atoms with Crippen molar-refractivity contribution in [2.75, 3.05) is 0 Å². The minimum Gasteiger partial charge on any atom is -0.272 e. The number of hydrogen-bond donors (Lipinski definition) is 2. The number of thiophene rings is 1. The van der Waals surface area contributed by atoms with Crippen molar-refractivity contribution >= 4 is 51.0 Å². The van der Waals surface area contributed by atoms with E-state index >= 15 is 0 Å². The average Bonchev–Trinajstić information content (AvgIpc) is 3.17. The van der Waals surface area contributed by atoms with E-state index in [-0.39, 0.29) is 5.91 Å². The van der Waals surface area contributed by atoms with Gasteiger partial charge in [0.15, 0.2) is 0 Å². The molecule has 0 spiro atoms. The van der Waals surface area contributed by atoms with Gasteiger partial charge in [0, 0.05) is 15.5 Å². The second kappa shape index (κ2) is 7.08. The monoisotopic (exact) mass is 408 g/mol. The molecule has 3 aromatic rings. The number of nitrogens with zero attached hydrogens (tertiary/aromatic N) is 2. The van der Waals surface area contributed by atoms with Crippen LogP contribution in [0.1, 0.15) is 15.4 Å². The number of H-pyrrole nitrogens is 1. The third-order valence-corrected chi connectivity index (χ3v) is 4.72. The number of halogens is 2. The Morgan fingerprint density at radius 2 is 2.09 bits per heavy atom. The standard InChI is InChI=1S/C15H10BrClN4OS/c16-14-6-5-11(23-14)8-18-21-15(22)13-7-12(19-20-13)9-1-3-10(17)4-2-9/h1-8H,(H,19,20)(H,21,22). The van der Waals surface area contributed by atoms with Gasteiger partial charge in [-0.2, -0.15) is 10.2 Å². The summed E-state index contributed by atoms with van der Waals surface area (Å²) in [4.78, 5) is 12.9. The number of aromatic nitrogens is 2. The Hall–Kier alpha value is -1.96. The van der Waals surface area contributed by atoms with Gasteiger partial charge in [-0.15, -0.1) is 11.3 Å². The van der Waals surface area contributed by atoms with E-state index in [4.69, 9.17) is 11.6 Å². The lowest BCUT2D eigenvalue weighted by Crippen LogP contribution is -2.17. The highest BCUT2D eigenvalue weighted by Crippen LogP contribution is 2.21. The number of hydrazone groups is 1. The van der Waals surface area contributed by atoms with E-state index in [2.05, 4.69) is 36.7 Å². The summed E-state index contributed by atoms with van der Waals surface area (Å²) in [5, 5.41) is 11.4. The van der Waals surface area contributed by atoms with Crippen LogP contribution in [0.4, 0.5) is 0 Å². The first kappa shape index (κ1) is 15.9. The summed E-state index contributed by atoms with van der Waals surface area (Å²) in [6, 6.07) is 12.7. The topological polar surface area (TPSA) is 70.1 Å². The largest absolute Gasteiger partial charge is 0.289 e. The van der Waals surface area contributed by atoms with E-state index < -0.39 is 0 Å². The van der Waals surface area contributed by atoms with Crippen LogP contribution in [0.15, 0.2) is 51.4 Å². The van der Waals surface area contributed by atoms with Crippen LogP contribution in [0.2, 0.25) is 5.02 Å². The van der Waals surface area contributed by atoms with Gasteiger partial charge in [-0.25, -0.2) is 5.43 Å². The molecule has 1 amide bonds. The Kier molecular flexibility index (Phi) is 4.90. The van der Waals surface area contributed by atoms with Gasteiger partial charge in [-0.1, -0.05) is 23.7 Å². The van der Waals surface area contributed by atoms with Gasteiger partial charge in [0.1, 0.15) is 5.69 Å². The molecule has 3 rings (SSSR count). The highest BCUT2D eigenvalue weighted by Gasteiger charge is 2.10. The third-order valence-electron chi connectivity index (χ3n) is 2.91. The molecule has 5 nitrogen and oxygen atoms in total. The fourth-order valence-corrected chi connectivity index (χ4v) is 3.24. The van der Waals surface area contributed by atoms with E-state index in [1.807, 2.05) is 24.3 Å². The van der Waals surface area contributed by atoms with Crippen molar-refractivity contribution < 1.29 is 4.79 Å². The van der Waals surface area contributed by atoms with Crippen LogP contribution in [0.3, 0.4) is 0 Å². The maximum absolute atomic E-state index is 12.0. The molecule has 0 unspecified atom stereocenters. The average molecular weight is 410 g/mol. The molecule has 0 aliphatic rings. The van der Waals surface area contributed by atoms with E-state index in [1.165, 1.54) is 11.3 Å². The molecule has 116 valence electrons. The molecular weight excluding hydrogens is 400 g/mol.